The molecule has 116 valence electrons. The van der Waals surface area contributed by atoms with Crippen molar-refractivity contribution < 1.29 is 0 Å². The van der Waals surface area contributed by atoms with E-state index in [-0.39, 0.29) is 0 Å². The smallest absolute Gasteiger partial charge is 0.0702 e. The molecule has 0 saturated heterocycles. The van der Waals surface area contributed by atoms with Crippen LogP contribution in [0.3, 0.4) is 0 Å². The Labute approximate surface area is 142 Å². The van der Waals surface area contributed by atoms with Crippen LogP contribution < -0.4 is 0 Å². The Morgan fingerprint density at radius 1 is 0.667 bits per heavy atom. The molecular formula is C23H19N. The fraction of sp³-hybridized carbons (Fsp3) is 0.0870. The number of hydrogen-bond donors (Lipinski definition) is 0. The summed E-state index contributed by atoms with van der Waals surface area (Å²) in [5.41, 5.74) is 8.70. The molecule has 0 fully saturated rings. The Morgan fingerprint density at radius 3 is 2.17 bits per heavy atom. The van der Waals surface area contributed by atoms with E-state index in [1.54, 1.807) is 0 Å². The second-order valence-corrected chi connectivity index (χ2v) is 6.26. The van der Waals surface area contributed by atoms with Gasteiger partial charge in [0.05, 0.1) is 5.52 Å². The highest BCUT2D eigenvalue weighted by molar-refractivity contribution is 5.86. The van der Waals surface area contributed by atoms with Crippen LogP contribution in [0.2, 0.25) is 0 Å². The summed E-state index contributed by atoms with van der Waals surface area (Å²) in [6.45, 7) is 4.33. The third-order valence-corrected chi connectivity index (χ3v) is 4.61. The van der Waals surface area contributed by atoms with Gasteiger partial charge in [0.2, 0.25) is 0 Å². The van der Waals surface area contributed by atoms with E-state index >= 15 is 0 Å². The van der Waals surface area contributed by atoms with Gasteiger partial charge in [0.25, 0.3) is 0 Å². The van der Waals surface area contributed by atoms with Crippen molar-refractivity contribution in [3.05, 3.63) is 90.1 Å². The first-order chi connectivity index (χ1) is 11.7. The molecule has 0 aliphatic heterocycles. The van der Waals surface area contributed by atoms with E-state index in [1.807, 2.05) is 12.3 Å². The van der Waals surface area contributed by atoms with Crippen molar-refractivity contribution in [3.63, 3.8) is 0 Å². The second-order valence-electron chi connectivity index (χ2n) is 6.26. The fourth-order valence-corrected chi connectivity index (χ4v) is 3.24. The highest BCUT2D eigenvalue weighted by atomic mass is 14.6. The molecule has 24 heavy (non-hydrogen) atoms. The van der Waals surface area contributed by atoms with E-state index in [2.05, 4.69) is 85.6 Å². The third kappa shape index (κ3) is 2.59. The van der Waals surface area contributed by atoms with Gasteiger partial charge in [-0.05, 0) is 59.9 Å². The molecule has 1 aromatic heterocycles. The van der Waals surface area contributed by atoms with Crippen LogP contribution in [-0.2, 0) is 0 Å². The number of nitrogens with zero attached hydrogens (tertiary/aromatic N) is 1. The summed E-state index contributed by atoms with van der Waals surface area (Å²) >= 11 is 0. The fourth-order valence-electron chi connectivity index (χ4n) is 3.24. The molecule has 0 aliphatic carbocycles. The van der Waals surface area contributed by atoms with Gasteiger partial charge in [-0.1, -0.05) is 60.2 Å². The summed E-state index contributed by atoms with van der Waals surface area (Å²) in [7, 11) is 0. The monoisotopic (exact) mass is 309 g/mol. The van der Waals surface area contributed by atoms with Gasteiger partial charge in [0.1, 0.15) is 0 Å². The second kappa shape index (κ2) is 5.93. The van der Waals surface area contributed by atoms with E-state index < -0.39 is 0 Å². The number of rotatable bonds is 2. The van der Waals surface area contributed by atoms with Gasteiger partial charge < -0.3 is 0 Å². The van der Waals surface area contributed by atoms with Gasteiger partial charge in [-0.3, -0.25) is 4.98 Å². The first-order valence-electron chi connectivity index (χ1n) is 8.24. The van der Waals surface area contributed by atoms with Gasteiger partial charge in [-0.15, -0.1) is 0 Å². The minimum absolute atomic E-state index is 1.04. The van der Waals surface area contributed by atoms with Crippen LogP contribution >= 0.6 is 0 Å². The van der Waals surface area contributed by atoms with Crippen molar-refractivity contribution in [1.29, 1.82) is 0 Å². The quantitative estimate of drug-likeness (QED) is 0.430. The largest absolute Gasteiger partial charge is 0.256 e. The van der Waals surface area contributed by atoms with Crippen molar-refractivity contribution in [1.82, 2.24) is 4.98 Å². The van der Waals surface area contributed by atoms with Crippen molar-refractivity contribution >= 4 is 10.9 Å². The molecule has 0 saturated carbocycles. The van der Waals surface area contributed by atoms with Gasteiger partial charge in [-0.2, -0.15) is 0 Å². The van der Waals surface area contributed by atoms with Crippen molar-refractivity contribution in [2.75, 3.05) is 0 Å². The summed E-state index contributed by atoms with van der Waals surface area (Å²) in [6.07, 6.45) is 1.84. The predicted molar refractivity (Wildman–Crippen MR) is 102 cm³/mol. The molecule has 4 aromatic rings. The first kappa shape index (κ1) is 14.6. The van der Waals surface area contributed by atoms with Crippen LogP contribution in [0.25, 0.3) is 33.2 Å². The Bertz CT molecular complexity index is 1010. The lowest BCUT2D eigenvalue weighted by Gasteiger charge is -2.13. The van der Waals surface area contributed by atoms with Gasteiger partial charge in [0.15, 0.2) is 0 Å². The average Bonchev–Trinajstić information content (AvgIpc) is 2.62. The molecule has 0 unspecified atom stereocenters. The maximum Gasteiger partial charge on any atom is 0.0702 e. The zero-order valence-electron chi connectivity index (χ0n) is 14.0. The van der Waals surface area contributed by atoms with E-state index in [0.29, 0.717) is 0 Å². The number of hydrogen-bond acceptors (Lipinski definition) is 1. The molecule has 0 atom stereocenters. The lowest BCUT2D eigenvalue weighted by Crippen LogP contribution is -1.89. The molecule has 1 nitrogen and oxygen atoms in total. The summed E-state index contributed by atoms with van der Waals surface area (Å²) in [4.78, 5) is 4.41. The third-order valence-electron chi connectivity index (χ3n) is 4.61. The van der Waals surface area contributed by atoms with Gasteiger partial charge in [0, 0.05) is 11.6 Å². The van der Waals surface area contributed by atoms with Crippen LogP contribution in [0.1, 0.15) is 11.1 Å². The highest BCUT2D eigenvalue weighted by Gasteiger charge is 2.08. The Balaban J connectivity index is 1.86. The SMILES string of the molecule is Cc1ccc(-c2cccc(-c3ccc4ncccc4c3)c2C)cc1. The minimum atomic E-state index is 1.04. The van der Waals surface area contributed by atoms with Crippen LogP contribution in [0.15, 0.2) is 79.0 Å². The summed E-state index contributed by atoms with van der Waals surface area (Å²) in [6, 6.07) is 25.9. The normalized spacial score (nSPS) is 10.9. The minimum Gasteiger partial charge on any atom is -0.256 e. The summed E-state index contributed by atoms with van der Waals surface area (Å²) < 4.78 is 0. The number of fused-ring (bicyclic) bond motifs is 1. The standard InChI is InChI=1S/C23H19N/c1-16-8-10-18(11-9-16)21-6-3-7-22(17(21)2)19-12-13-23-20(15-19)5-4-14-24-23/h3-15H,1-2H3. The van der Waals surface area contributed by atoms with Crippen molar-refractivity contribution in [2.45, 2.75) is 13.8 Å². The average molecular weight is 309 g/mol. The molecule has 1 heteroatoms. The van der Waals surface area contributed by atoms with Crippen LogP contribution in [0.5, 0.6) is 0 Å². The topological polar surface area (TPSA) is 12.9 Å². The molecule has 0 N–H and O–H groups in total. The number of benzene rings is 3. The predicted octanol–water partition coefficient (Wildman–Crippen LogP) is 6.19. The van der Waals surface area contributed by atoms with Crippen LogP contribution in [-0.4, -0.2) is 4.98 Å². The highest BCUT2D eigenvalue weighted by Crippen LogP contribution is 2.33. The van der Waals surface area contributed by atoms with Gasteiger partial charge >= 0.3 is 0 Å². The Hall–Kier alpha value is -2.93. The van der Waals surface area contributed by atoms with Crippen LogP contribution in [0.4, 0.5) is 0 Å². The lowest BCUT2D eigenvalue weighted by atomic mass is 9.92. The van der Waals surface area contributed by atoms with Crippen LogP contribution in [0, 0.1) is 13.8 Å². The van der Waals surface area contributed by atoms with E-state index in [1.165, 1.54) is 38.8 Å². The van der Waals surface area contributed by atoms with Gasteiger partial charge in [-0.25, -0.2) is 0 Å². The molecule has 0 bridgehead atoms. The molecule has 1 heterocycles. The van der Waals surface area contributed by atoms with Crippen molar-refractivity contribution in [2.24, 2.45) is 0 Å². The maximum absolute atomic E-state index is 4.41. The van der Waals surface area contributed by atoms with E-state index in [0.717, 1.165) is 5.52 Å². The molecule has 0 aliphatic rings. The molecule has 0 radical (unpaired) electrons. The van der Waals surface area contributed by atoms with E-state index in [4.69, 9.17) is 0 Å². The maximum atomic E-state index is 4.41. The number of aryl methyl sites for hydroxylation is 1. The molecule has 3 aromatic carbocycles. The molecule has 4 rings (SSSR count). The zero-order valence-corrected chi connectivity index (χ0v) is 14.0. The first-order valence-corrected chi connectivity index (χ1v) is 8.24. The Kier molecular flexibility index (Phi) is 3.62. The molecule has 0 amide bonds. The molecular weight excluding hydrogens is 290 g/mol. The Morgan fingerprint density at radius 2 is 1.38 bits per heavy atom. The lowest BCUT2D eigenvalue weighted by molar-refractivity contribution is 1.40. The number of pyridine rings is 1. The molecule has 0 spiro atoms. The summed E-state index contributed by atoms with van der Waals surface area (Å²) in [5.74, 6) is 0. The number of aromatic nitrogens is 1. The summed E-state index contributed by atoms with van der Waals surface area (Å²) in [5, 5.41) is 1.18. The zero-order chi connectivity index (χ0) is 16.5. The van der Waals surface area contributed by atoms with Crippen molar-refractivity contribution in [3.8, 4) is 22.3 Å². The van der Waals surface area contributed by atoms with E-state index in [9.17, 15) is 0 Å².